The summed E-state index contributed by atoms with van der Waals surface area (Å²) in [6.07, 6.45) is 1.58. The number of carbonyl (C=O) groups excluding carboxylic acids is 3. The normalized spacial score (nSPS) is 31.4. The number of rotatable bonds is 1. The van der Waals surface area contributed by atoms with Crippen molar-refractivity contribution in [1.82, 2.24) is 4.90 Å². The highest BCUT2D eigenvalue weighted by atomic mass is 35.5. The zero-order chi connectivity index (χ0) is 21.7. The molecule has 4 atom stereocenters. The molecule has 31 heavy (non-hydrogen) atoms. The number of anilines is 2. The van der Waals surface area contributed by atoms with E-state index in [1.165, 1.54) is 0 Å². The van der Waals surface area contributed by atoms with E-state index in [2.05, 4.69) is 5.32 Å². The number of nitrogens with zero attached hydrogens (tertiary/aromatic N) is 2. The maximum absolute atomic E-state index is 13.9. The Kier molecular flexibility index (Phi) is 4.07. The summed E-state index contributed by atoms with van der Waals surface area (Å²) in [5.74, 6) is -2.58. The summed E-state index contributed by atoms with van der Waals surface area (Å²) >= 11 is 18.9. The summed E-state index contributed by atoms with van der Waals surface area (Å²) in [7, 11) is 0. The van der Waals surface area contributed by atoms with Crippen molar-refractivity contribution in [2.24, 2.45) is 11.8 Å². The number of para-hydroxylation sites is 1. The van der Waals surface area contributed by atoms with Crippen molar-refractivity contribution in [2.45, 2.75) is 24.4 Å². The second kappa shape index (κ2) is 6.45. The summed E-state index contributed by atoms with van der Waals surface area (Å²) in [6, 6.07) is 9.93. The van der Waals surface area contributed by atoms with Gasteiger partial charge in [0.1, 0.15) is 5.54 Å². The number of imide groups is 1. The van der Waals surface area contributed by atoms with Crippen molar-refractivity contribution in [3.63, 3.8) is 0 Å². The van der Waals surface area contributed by atoms with Crippen LogP contribution >= 0.6 is 34.8 Å². The molecule has 3 saturated heterocycles. The molecular formula is C22H16Cl3N3O3. The lowest BCUT2D eigenvalue weighted by Gasteiger charge is -2.36. The Balaban J connectivity index is 1.58. The fourth-order valence-corrected chi connectivity index (χ4v) is 6.70. The Morgan fingerprint density at radius 2 is 1.71 bits per heavy atom. The zero-order valence-corrected chi connectivity index (χ0v) is 18.3. The van der Waals surface area contributed by atoms with Gasteiger partial charge in [-0.25, -0.2) is 4.90 Å². The van der Waals surface area contributed by atoms with Crippen molar-refractivity contribution >= 4 is 63.9 Å². The Morgan fingerprint density at radius 3 is 2.52 bits per heavy atom. The summed E-state index contributed by atoms with van der Waals surface area (Å²) in [6.45, 7) is 0.634. The predicted molar refractivity (Wildman–Crippen MR) is 117 cm³/mol. The number of nitrogens with one attached hydrogen (secondary N) is 1. The van der Waals surface area contributed by atoms with Crippen LogP contribution in [0.5, 0.6) is 0 Å². The SMILES string of the molecule is O=C1[C@H]2[C@H]3CCCN3[C@]3(C(=O)Nc4c(Cl)cccc43)[C@H]2C(=O)N1c1cccc(Cl)c1Cl. The third kappa shape index (κ3) is 2.21. The van der Waals surface area contributed by atoms with Crippen LogP contribution in [-0.4, -0.2) is 35.2 Å². The van der Waals surface area contributed by atoms with Crippen LogP contribution in [-0.2, 0) is 19.9 Å². The Hall–Kier alpha value is -2.12. The third-order valence-electron chi connectivity index (χ3n) is 7.15. The van der Waals surface area contributed by atoms with E-state index in [1.807, 2.05) is 11.0 Å². The first-order valence-electron chi connectivity index (χ1n) is 10.1. The fourth-order valence-electron chi connectivity index (χ4n) is 6.10. The van der Waals surface area contributed by atoms with Crippen LogP contribution in [0.4, 0.5) is 11.4 Å². The standard InChI is InChI=1S/C22H16Cl3N3O3/c23-11-5-2-7-14(17(11)25)28-19(29)15-13-8-3-9-27(13)22(16(15)20(28)30)10-4-1-6-12(24)18(10)26-21(22)31/h1-2,4-7,13,15-16H,3,8-9H2,(H,26,31)/t13-,15+,16-,22+/m1/s1. The number of halogens is 3. The van der Waals surface area contributed by atoms with Crippen LogP contribution in [0.1, 0.15) is 18.4 Å². The van der Waals surface area contributed by atoms with Crippen LogP contribution in [0.3, 0.4) is 0 Å². The molecule has 4 heterocycles. The molecule has 4 aliphatic rings. The molecule has 0 aliphatic carbocycles. The molecule has 158 valence electrons. The van der Waals surface area contributed by atoms with E-state index in [-0.39, 0.29) is 33.6 Å². The highest BCUT2D eigenvalue weighted by molar-refractivity contribution is 6.45. The van der Waals surface area contributed by atoms with Crippen molar-refractivity contribution < 1.29 is 14.4 Å². The van der Waals surface area contributed by atoms with Crippen molar-refractivity contribution in [2.75, 3.05) is 16.8 Å². The predicted octanol–water partition coefficient (Wildman–Crippen LogP) is 4.08. The van der Waals surface area contributed by atoms with E-state index in [1.54, 1.807) is 30.3 Å². The van der Waals surface area contributed by atoms with Gasteiger partial charge in [0.2, 0.25) is 11.8 Å². The quantitative estimate of drug-likeness (QED) is 0.630. The largest absolute Gasteiger partial charge is 0.323 e. The molecule has 2 aromatic carbocycles. The van der Waals surface area contributed by atoms with Gasteiger partial charge in [-0.15, -0.1) is 0 Å². The number of amides is 3. The number of hydrogen-bond donors (Lipinski definition) is 1. The Morgan fingerprint density at radius 1 is 0.968 bits per heavy atom. The van der Waals surface area contributed by atoms with Gasteiger partial charge in [0.15, 0.2) is 0 Å². The number of carbonyl (C=O) groups is 3. The smallest absolute Gasteiger partial charge is 0.250 e. The second-order valence-corrected chi connectivity index (χ2v) is 9.57. The van der Waals surface area contributed by atoms with E-state index in [9.17, 15) is 14.4 Å². The number of benzene rings is 2. The van der Waals surface area contributed by atoms with Crippen LogP contribution in [0, 0.1) is 11.8 Å². The highest BCUT2D eigenvalue weighted by Crippen LogP contribution is 2.61. The number of hydrogen-bond acceptors (Lipinski definition) is 4. The average Bonchev–Trinajstić information content (AvgIpc) is 3.44. The van der Waals surface area contributed by atoms with E-state index in [4.69, 9.17) is 34.8 Å². The molecule has 4 aliphatic heterocycles. The van der Waals surface area contributed by atoms with Crippen LogP contribution < -0.4 is 10.2 Å². The van der Waals surface area contributed by atoms with Gasteiger partial charge in [-0.05, 0) is 37.6 Å². The third-order valence-corrected chi connectivity index (χ3v) is 8.27. The van der Waals surface area contributed by atoms with E-state index < -0.39 is 23.3 Å². The molecule has 3 amide bonds. The first kappa shape index (κ1) is 19.6. The molecule has 2 aromatic rings. The monoisotopic (exact) mass is 475 g/mol. The van der Waals surface area contributed by atoms with Gasteiger partial charge in [-0.1, -0.05) is 53.0 Å². The second-order valence-electron chi connectivity index (χ2n) is 8.37. The van der Waals surface area contributed by atoms with Gasteiger partial charge < -0.3 is 5.32 Å². The summed E-state index contributed by atoms with van der Waals surface area (Å²) in [5, 5.41) is 3.70. The Bertz CT molecular complexity index is 1200. The van der Waals surface area contributed by atoms with Gasteiger partial charge in [0, 0.05) is 11.6 Å². The molecule has 0 saturated carbocycles. The maximum Gasteiger partial charge on any atom is 0.250 e. The first-order chi connectivity index (χ1) is 14.9. The molecule has 0 unspecified atom stereocenters. The van der Waals surface area contributed by atoms with Gasteiger partial charge in [-0.2, -0.15) is 0 Å². The topological polar surface area (TPSA) is 69.7 Å². The minimum absolute atomic E-state index is 0.141. The lowest BCUT2D eigenvalue weighted by Crippen LogP contribution is -2.54. The summed E-state index contributed by atoms with van der Waals surface area (Å²) in [5.41, 5.74) is 0.158. The molecule has 9 heteroatoms. The molecule has 0 radical (unpaired) electrons. The van der Waals surface area contributed by atoms with E-state index >= 15 is 0 Å². The molecule has 3 fully saturated rings. The molecule has 0 aromatic heterocycles. The van der Waals surface area contributed by atoms with Gasteiger partial charge in [0.05, 0.1) is 38.3 Å². The molecule has 1 N–H and O–H groups in total. The lowest BCUT2D eigenvalue weighted by molar-refractivity contribution is -0.135. The molecule has 0 bridgehead atoms. The highest BCUT2D eigenvalue weighted by Gasteiger charge is 2.74. The molecule has 6 rings (SSSR count). The van der Waals surface area contributed by atoms with Crippen LogP contribution in [0.25, 0.3) is 0 Å². The lowest BCUT2D eigenvalue weighted by atomic mass is 9.75. The van der Waals surface area contributed by atoms with Crippen LogP contribution in [0.15, 0.2) is 36.4 Å². The van der Waals surface area contributed by atoms with Gasteiger partial charge in [-0.3, -0.25) is 19.3 Å². The van der Waals surface area contributed by atoms with Crippen molar-refractivity contribution in [1.29, 1.82) is 0 Å². The fraction of sp³-hybridized carbons (Fsp3) is 0.318. The van der Waals surface area contributed by atoms with Crippen LogP contribution in [0.2, 0.25) is 15.1 Å². The Labute approximate surface area is 193 Å². The minimum atomic E-state index is -1.27. The van der Waals surface area contributed by atoms with Crippen molar-refractivity contribution in [3.05, 3.63) is 57.0 Å². The van der Waals surface area contributed by atoms with Gasteiger partial charge in [0.25, 0.3) is 5.91 Å². The minimum Gasteiger partial charge on any atom is -0.323 e. The first-order valence-corrected chi connectivity index (χ1v) is 11.2. The summed E-state index contributed by atoms with van der Waals surface area (Å²) < 4.78 is 0. The average molecular weight is 477 g/mol. The number of fused-ring (bicyclic) bond motifs is 7. The summed E-state index contributed by atoms with van der Waals surface area (Å²) in [4.78, 5) is 44.2. The molecule has 1 spiro atoms. The molecular weight excluding hydrogens is 461 g/mol. The zero-order valence-electron chi connectivity index (χ0n) is 16.1. The van der Waals surface area contributed by atoms with Crippen molar-refractivity contribution in [3.8, 4) is 0 Å². The maximum atomic E-state index is 13.9. The van der Waals surface area contributed by atoms with E-state index in [0.717, 1.165) is 17.7 Å². The molecule has 6 nitrogen and oxygen atoms in total. The van der Waals surface area contributed by atoms with E-state index in [0.29, 0.717) is 22.8 Å². The van der Waals surface area contributed by atoms with Gasteiger partial charge >= 0.3 is 0 Å².